The number of carbonyl (C=O) groups is 1. The highest BCUT2D eigenvalue weighted by atomic mass is 16.6. The Bertz CT molecular complexity index is 1100. The van der Waals surface area contributed by atoms with Gasteiger partial charge in [-0.2, -0.15) is 0 Å². The first-order valence-electron chi connectivity index (χ1n) is 13.7. The highest BCUT2D eigenvalue weighted by Gasteiger charge is 2.22. The SMILES string of the molecule is CCCCCCCCCCOc1cccc2oc(=O)c(OC/C=C(\C)CCC=C(C)C)c(OC(C)=O)c12. The first kappa shape index (κ1) is 30.2. The first-order chi connectivity index (χ1) is 17.8. The van der Waals surface area contributed by atoms with E-state index >= 15 is 0 Å². The van der Waals surface area contributed by atoms with Gasteiger partial charge in [-0.1, -0.05) is 75.2 Å². The summed E-state index contributed by atoms with van der Waals surface area (Å²) in [7, 11) is 0. The summed E-state index contributed by atoms with van der Waals surface area (Å²) in [6, 6.07) is 5.20. The van der Waals surface area contributed by atoms with Gasteiger partial charge in [0, 0.05) is 6.92 Å². The molecule has 2 aromatic rings. The Kier molecular flexibility index (Phi) is 13.6. The molecule has 37 heavy (non-hydrogen) atoms. The van der Waals surface area contributed by atoms with Crippen LogP contribution in [0.1, 0.15) is 98.8 Å². The lowest BCUT2D eigenvalue weighted by Crippen LogP contribution is -2.13. The van der Waals surface area contributed by atoms with E-state index < -0.39 is 11.6 Å². The molecule has 0 N–H and O–H groups in total. The molecular formula is C31H44O6. The van der Waals surface area contributed by atoms with Crippen LogP contribution in [0.4, 0.5) is 0 Å². The largest absolute Gasteiger partial charge is 0.493 e. The van der Waals surface area contributed by atoms with Gasteiger partial charge in [-0.05, 0) is 58.2 Å². The van der Waals surface area contributed by atoms with E-state index in [2.05, 4.69) is 26.8 Å². The Morgan fingerprint density at radius 2 is 1.59 bits per heavy atom. The third-order valence-electron chi connectivity index (χ3n) is 6.06. The number of hydrogen-bond donors (Lipinski definition) is 0. The topological polar surface area (TPSA) is 75.0 Å². The molecule has 0 aliphatic rings. The van der Waals surface area contributed by atoms with Crippen LogP contribution in [0, 0.1) is 0 Å². The highest BCUT2D eigenvalue weighted by molar-refractivity contribution is 5.93. The van der Waals surface area contributed by atoms with E-state index in [0.29, 0.717) is 17.7 Å². The number of carbonyl (C=O) groups excluding carboxylic acids is 1. The molecule has 0 aliphatic heterocycles. The smallest absolute Gasteiger partial charge is 0.383 e. The lowest BCUT2D eigenvalue weighted by molar-refractivity contribution is -0.131. The van der Waals surface area contributed by atoms with Crippen molar-refractivity contribution >= 4 is 16.9 Å². The third-order valence-corrected chi connectivity index (χ3v) is 6.06. The van der Waals surface area contributed by atoms with Crippen molar-refractivity contribution in [3.8, 4) is 17.2 Å². The molecule has 0 saturated carbocycles. The third kappa shape index (κ3) is 10.9. The standard InChI is InChI=1S/C31H44O6/c1-6-7-8-9-10-11-12-13-21-34-26-18-15-19-27-28(26)29(36-25(5)32)30(31(33)37-27)35-22-20-24(4)17-14-16-23(2)3/h15-16,18-20H,6-14,17,21-22H2,1-5H3/b24-20+. The van der Waals surface area contributed by atoms with Gasteiger partial charge in [0.2, 0.25) is 5.75 Å². The molecule has 6 nitrogen and oxygen atoms in total. The van der Waals surface area contributed by atoms with Gasteiger partial charge in [0.15, 0.2) is 5.75 Å². The predicted octanol–water partition coefficient (Wildman–Crippen LogP) is 8.31. The van der Waals surface area contributed by atoms with Gasteiger partial charge in [0.1, 0.15) is 23.3 Å². The fourth-order valence-corrected chi connectivity index (χ4v) is 4.03. The van der Waals surface area contributed by atoms with Crippen molar-refractivity contribution in [1.29, 1.82) is 0 Å². The summed E-state index contributed by atoms with van der Waals surface area (Å²) in [5.74, 6) is -0.137. The van der Waals surface area contributed by atoms with Crippen molar-refractivity contribution in [2.45, 2.75) is 98.8 Å². The van der Waals surface area contributed by atoms with E-state index in [9.17, 15) is 9.59 Å². The zero-order valence-electron chi connectivity index (χ0n) is 23.3. The fraction of sp³-hybridized carbons (Fsp3) is 0.548. The molecule has 0 amide bonds. The molecule has 0 unspecified atom stereocenters. The van der Waals surface area contributed by atoms with Gasteiger partial charge in [-0.25, -0.2) is 4.79 Å². The minimum atomic E-state index is -0.695. The molecule has 0 saturated heterocycles. The number of hydrogen-bond acceptors (Lipinski definition) is 6. The number of fused-ring (bicyclic) bond motifs is 1. The summed E-state index contributed by atoms with van der Waals surface area (Å²) in [4.78, 5) is 24.7. The van der Waals surface area contributed by atoms with Gasteiger partial charge in [-0.15, -0.1) is 0 Å². The maximum absolute atomic E-state index is 12.7. The average molecular weight is 513 g/mol. The van der Waals surface area contributed by atoms with E-state index in [1.807, 2.05) is 13.0 Å². The maximum atomic E-state index is 12.7. The number of benzene rings is 1. The van der Waals surface area contributed by atoms with Crippen molar-refractivity contribution in [2.24, 2.45) is 0 Å². The van der Waals surface area contributed by atoms with Crippen molar-refractivity contribution in [3.05, 3.63) is 51.9 Å². The zero-order valence-corrected chi connectivity index (χ0v) is 23.3. The monoisotopic (exact) mass is 512 g/mol. The Morgan fingerprint density at radius 1 is 0.892 bits per heavy atom. The lowest BCUT2D eigenvalue weighted by atomic mass is 10.1. The first-order valence-corrected chi connectivity index (χ1v) is 13.7. The molecule has 1 heterocycles. The minimum Gasteiger partial charge on any atom is -0.493 e. The van der Waals surface area contributed by atoms with E-state index in [1.54, 1.807) is 18.2 Å². The molecule has 1 aromatic carbocycles. The van der Waals surface area contributed by atoms with Crippen LogP contribution in [0.2, 0.25) is 0 Å². The van der Waals surface area contributed by atoms with Crippen LogP contribution in [-0.2, 0) is 4.79 Å². The lowest BCUT2D eigenvalue weighted by Gasteiger charge is -2.14. The van der Waals surface area contributed by atoms with Crippen LogP contribution in [0.3, 0.4) is 0 Å². The molecule has 1 aromatic heterocycles. The predicted molar refractivity (Wildman–Crippen MR) is 150 cm³/mol. The van der Waals surface area contributed by atoms with Gasteiger partial charge >= 0.3 is 11.6 Å². The van der Waals surface area contributed by atoms with Crippen LogP contribution in [0.15, 0.2) is 50.7 Å². The van der Waals surface area contributed by atoms with Crippen molar-refractivity contribution in [3.63, 3.8) is 0 Å². The molecule has 0 spiro atoms. The van der Waals surface area contributed by atoms with E-state index in [4.69, 9.17) is 18.6 Å². The number of unbranched alkanes of at least 4 members (excludes halogenated alkanes) is 7. The Hall–Kier alpha value is -3.02. The van der Waals surface area contributed by atoms with Crippen molar-refractivity contribution in [1.82, 2.24) is 0 Å². The van der Waals surface area contributed by atoms with E-state index in [1.165, 1.54) is 51.0 Å². The second-order valence-electron chi connectivity index (χ2n) is 9.78. The Balaban J connectivity index is 2.14. The molecule has 0 radical (unpaired) electrons. The van der Waals surface area contributed by atoms with Gasteiger partial charge < -0.3 is 18.6 Å². The quantitative estimate of drug-likeness (QED) is 0.0918. The molecule has 2 rings (SSSR count). The van der Waals surface area contributed by atoms with Crippen LogP contribution in [-0.4, -0.2) is 19.2 Å². The zero-order chi connectivity index (χ0) is 27.0. The highest BCUT2D eigenvalue weighted by Crippen LogP contribution is 2.39. The normalized spacial score (nSPS) is 11.4. The van der Waals surface area contributed by atoms with Crippen LogP contribution < -0.4 is 19.8 Å². The van der Waals surface area contributed by atoms with Crippen molar-refractivity contribution in [2.75, 3.05) is 13.2 Å². The summed E-state index contributed by atoms with van der Waals surface area (Å²) in [6.45, 7) is 10.4. The molecule has 6 heteroatoms. The van der Waals surface area contributed by atoms with E-state index in [-0.39, 0.29) is 23.7 Å². The number of esters is 1. The summed E-state index contributed by atoms with van der Waals surface area (Å²) >= 11 is 0. The van der Waals surface area contributed by atoms with Gasteiger partial charge in [-0.3, -0.25) is 4.79 Å². The summed E-state index contributed by atoms with van der Waals surface area (Å²) in [6.07, 6.45) is 15.6. The molecule has 204 valence electrons. The number of allylic oxidation sites excluding steroid dienone is 3. The van der Waals surface area contributed by atoms with Gasteiger partial charge in [0.25, 0.3) is 0 Å². The van der Waals surface area contributed by atoms with Crippen LogP contribution >= 0.6 is 0 Å². The van der Waals surface area contributed by atoms with Crippen molar-refractivity contribution < 1.29 is 23.4 Å². The second kappa shape index (κ2) is 16.7. The molecule has 0 fully saturated rings. The van der Waals surface area contributed by atoms with Crippen LogP contribution in [0.5, 0.6) is 17.2 Å². The Labute approximate surface area is 221 Å². The molecular weight excluding hydrogens is 468 g/mol. The van der Waals surface area contributed by atoms with Gasteiger partial charge in [0.05, 0.1) is 6.61 Å². The summed E-state index contributed by atoms with van der Waals surface area (Å²) in [5.41, 5.74) is 2.02. The number of rotatable bonds is 17. The summed E-state index contributed by atoms with van der Waals surface area (Å²) in [5, 5.41) is 0.427. The maximum Gasteiger partial charge on any atom is 0.383 e. The molecule has 0 aliphatic carbocycles. The second-order valence-corrected chi connectivity index (χ2v) is 9.78. The van der Waals surface area contributed by atoms with Crippen LogP contribution in [0.25, 0.3) is 11.0 Å². The minimum absolute atomic E-state index is 0.0425. The summed E-state index contributed by atoms with van der Waals surface area (Å²) < 4.78 is 22.9. The molecule has 0 bridgehead atoms. The fourth-order valence-electron chi connectivity index (χ4n) is 4.03. The Morgan fingerprint density at radius 3 is 2.27 bits per heavy atom. The van der Waals surface area contributed by atoms with E-state index in [0.717, 1.165) is 31.3 Å². The number of ether oxygens (including phenoxy) is 3. The molecule has 0 atom stereocenters. The average Bonchev–Trinajstić information content (AvgIpc) is 2.84.